The first-order chi connectivity index (χ1) is 15.2. The van der Waals surface area contributed by atoms with Gasteiger partial charge in [-0.25, -0.2) is 0 Å². The van der Waals surface area contributed by atoms with Gasteiger partial charge in [-0.1, -0.05) is 18.2 Å². The Bertz CT molecular complexity index is 973. The molecular weight excluding hydrogens is 427 g/mol. The van der Waals surface area contributed by atoms with Gasteiger partial charge in [0.15, 0.2) is 0 Å². The number of alkyl halides is 3. The lowest BCUT2D eigenvalue weighted by Crippen LogP contribution is -2.41. The van der Waals surface area contributed by atoms with E-state index in [-0.39, 0.29) is 17.5 Å². The summed E-state index contributed by atoms with van der Waals surface area (Å²) in [5, 5.41) is 14.2. The Balaban J connectivity index is 1.56. The van der Waals surface area contributed by atoms with Gasteiger partial charge in [-0.2, -0.15) is 13.2 Å². The number of nitrogens with one attached hydrogen (secondary N) is 1. The fourth-order valence-electron chi connectivity index (χ4n) is 3.87. The quantitative estimate of drug-likeness (QED) is 0.504. The third kappa shape index (κ3) is 5.49. The number of ether oxygens (including phenoxy) is 1. The summed E-state index contributed by atoms with van der Waals surface area (Å²) in [5.41, 5.74) is -0.519. The average Bonchev–Trinajstić information content (AvgIpc) is 2.78. The first kappa shape index (κ1) is 23.4. The van der Waals surface area contributed by atoms with Gasteiger partial charge in [0.2, 0.25) is 5.91 Å². The van der Waals surface area contributed by atoms with Gasteiger partial charge in [0, 0.05) is 31.6 Å². The van der Waals surface area contributed by atoms with Crippen LogP contribution in [0.2, 0.25) is 0 Å². The SMILES string of the molecule is COc1ccccc1CCNC(=O)C1CCN(c2ccc(C(F)(F)F)cc2[N+](=O)[O-])CC1. The molecule has 3 rings (SSSR count). The molecule has 0 aliphatic carbocycles. The summed E-state index contributed by atoms with van der Waals surface area (Å²) in [6.45, 7) is 1.14. The van der Waals surface area contributed by atoms with Crippen LogP contribution in [0.15, 0.2) is 42.5 Å². The molecule has 1 aliphatic heterocycles. The number of benzene rings is 2. The standard InChI is InChI=1S/C22H24F3N3O4/c1-32-20-5-3-2-4-15(20)8-11-26-21(29)16-9-12-27(13-10-16)18-7-6-17(22(23,24)25)14-19(18)28(30)31/h2-7,14,16H,8-13H2,1H3,(H,26,29). The summed E-state index contributed by atoms with van der Waals surface area (Å²) in [5.74, 6) is 0.409. The van der Waals surface area contributed by atoms with E-state index in [0.29, 0.717) is 45.0 Å². The summed E-state index contributed by atoms with van der Waals surface area (Å²) in [6.07, 6.45) is -3.12. The van der Waals surface area contributed by atoms with Gasteiger partial charge in [-0.3, -0.25) is 14.9 Å². The molecule has 1 saturated heterocycles. The van der Waals surface area contributed by atoms with Crippen LogP contribution in [0.25, 0.3) is 0 Å². The minimum Gasteiger partial charge on any atom is -0.496 e. The molecule has 1 N–H and O–H groups in total. The van der Waals surface area contributed by atoms with Gasteiger partial charge >= 0.3 is 6.18 Å². The Labute approximate surface area is 183 Å². The number of methoxy groups -OCH3 is 1. The third-order valence-electron chi connectivity index (χ3n) is 5.59. The van der Waals surface area contributed by atoms with Crippen LogP contribution in [0.3, 0.4) is 0 Å². The topological polar surface area (TPSA) is 84.7 Å². The molecule has 2 aromatic carbocycles. The van der Waals surface area contributed by atoms with Gasteiger partial charge in [0.25, 0.3) is 5.69 Å². The van der Waals surface area contributed by atoms with Crippen LogP contribution >= 0.6 is 0 Å². The van der Waals surface area contributed by atoms with E-state index in [9.17, 15) is 28.1 Å². The predicted molar refractivity (Wildman–Crippen MR) is 113 cm³/mol. The van der Waals surface area contributed by atoms with E-state index in [1.807, 2.05) is 24.3 Å². The molecule has 0 aromatic heterocycles. The van der Waals surface area contributed by atoms with Crippen LogP contribution < -0.4 is 15.0 Å². The van der Waals surface area contributed by atoms with E-state index in [1.165, 1.54) is 0 Å². The lowest BCUT2D eigenvalue weighted by Gasteiger charge is -2.32. The lowest BCUT2D eigenvalue weighted by molar-refractivity contribution is -0.384. The number of carbonyl (C=O) groups is 1. The van der Waals surface area contributed by atoms with Crippen molar-refractivity contribution in [2.45, 2.75) is 25.4 Å². The molecule has 0 bridgehead atoms. The molecule has 0 spiro atoms. The number of nitro benzene ring substituents is 1. The summed E-state index contributed by atoms with van der Waals surface area (Å²) in [7, 11) is 1.59. The zero-order valence-electron chi connectivity index (χ0n) is 17.5. The van der Waals surface area contributed by atoms with Gasteiger partial charge in [-0.05, 0) is 43.0 Å². The molecule has 7 nitrogen and oxygen atoms in total. The normalized spacial score (nSPS) is 14.8. The Morgan fingerprint density at radius 1 is 1.22 bits per heavy atom. The van der Waals surface area contributed by atoms with Crippen molar-refractivity contribution in [2.75, 3.05) is 31.6 Å². The van der Waals surface area contributed by atoms with Gasteiger partial charge in [0.05, 0.1) is 17.6 Å². The molecule has 0 saturated carbocycles. The molecule has 32 heavy (non-hydrogen) atoms. The molecule has 0 unspecified atom stereocenters. The largest absolute Gasteiger partial charge is 0.496 e. The van der Waals surface area contributed by atoms with Crippen molar-refractivity contribution in [3.05, 3.63) is 63.7 Å². The second-order valence-electron chi connectivity index (χ2n) is 7.57. The van der Waals surface area contributed by atoms with Crippen molar-refractivity contribution in [3.8, 4) is 5.75 Å². The highest BCUT2D eigenvalue weighted by Gasteiger charge is 2.34. The second-order valence-corrected chi connectivity index (χ2v) is 7.57. The van der Waals surface area contributed by atoms with Crippen LogP contribution in [0.1, 0.15) is 24.0 Å². The highest BCUT2D eigenvalue weighted by molar-refractivity contribution is 5.79. The average molecular weight is 451 g/mol. The number of rotatable bonds is 7. The number of amides is 1. The Kier molecular flexibility index (Phi) is 7.22. The van der Waals surface area contributed by atoms with E-state index in [1.54, 1.807) is 12.0 Å². The van der Waals surface area contributed by atoms with Crippen molar-refractivity contribution in [2.24, 2.45) is 5.92 Å². The number of anilines is 1. The number of halogens is 3. The minimum absolute atomic E-state index is 0.0959. The number of piperidine rings is 1. The number of para-hydroxylation sites is 1. The smallest absolute Gasteiger partial charge is 0.416 e. The Morgan fingerprint density at radius 2 is 1.91 bits per heavy atom. The molecule has 172 valence electrons. The third-order valence-corrected chi connectivity index (χ3v) is 5.59. The molecule has 1 aliphatic rings. The van der Waals surface area contributed by atoms with Crippen molar-refractivity contribution >= 4 is 17.3 Å². The highest BCUT2D eigenvalue weighted by Crippen LogP contribution is 2.37. The van der Waals surface area contributed by atoms with Gasteiger partial charge < -0.3 is 15.0 Å². The summed E-state index contributed by atoms with van der Waals surface area (Å²) in [4.78, 5) is 24.7. The number of hydrogen-bond acceptors (Lipinski definition) is 5. The molecule has 1 heterocycles. The first-order valence-electron chi connectivity index (χ1n) is 10.2. The molecule has 0 radical (unpaired) electrons. The first-order valence-corrected chi connectivity index (χ1v) is 10.2. The summed E-state index contributed by atoms with van der Waals surface area (Å²) >= 11 is 0. The zero-order valence-corrected chi connectivity index (χ0v) is 17.5. The minimum atomic E-state index is -4.65. The fourth-order valence-corrected chi connectivity index (χ4v) is 3.87. The van der Waals surface area contributed by atoms with Crippen LogP contribution in [-0.4, -0.2) is 37.6 Å². The van der Waals surface area contributed by atoms with E-state index >= 15 is 0 Å². The highest BCUT2D eigenvalue weighted by atomic mass is 19.4. The predicted octanol–water partition coefficient (Wildman–Crippen LogP) is 4.20. The number of carbonyl (C=O) groups excluding carboxylic acids is 1. The molecule has 10 heteroatoms. The lowest BCUT2D eigenvalue weighted by atomic mass is 9.95. The zero-order chi connectivity index (χ0) is 23.3. The molecule has 1 amide bonds. The second kappa shape index (κ2) is 9.88. The van der Waals surface area contributed by atoms with Crippen LogP contribution in [-0.2, 0) is 17.4 Å². The van der Waals surface area contributed by atoms with Gasteiger partial charge in [-0.15, -0.1) is 0 Å². The van der Waals surface area contributed by atoms with Crippen molar-refractivity contribution in [1.29, 1.82) is 0 Å². The number of nitro groups is 1. The van der Waals surface area contributed by atoms with Crippen molar-refractivity contribution in [1.82, 2.24) is 5.32 Å². The van der Waals surface area contributed by atoms with Crippen LogP contribution in [0, 0.1) is 16.0 Å². The molecule has 2 aromatic rings. The molecular formula is C22H24F3N3O4. The summed E-state index contributed by atoms with van der Waals surface area (Å²) < 4.78 is 44.0. The van der Waals surface area contributed by atoms with Crippen molar-refractivity contribution in [3.63, 3.8) is 0 Å². The Hall–Kier alpha value is -3.30. The fraction of sp³-hybridized carbons (Fsp3) is 0.409. The van der Waals surface area contributed by atoms with E-state index < -0.39 is 22.4 Å². The molecule has 0 atom stereocenters. The van der Waals surface area contributed by atoms with E-state index in [2.05, 4.69) is 5.32 Å². The van der Waals surface area contributed by atoms with Gasteiger partial charge in [0.1, 0.15) is 11.4 Å². The number of hydrogen-bond donors (Lipinski definition) is 1. The Morgan fingerprint density at radius 3 is 2.53 bits per heavy atom. The monoisotopic (exact) mass is 451 g/mol. The van der Waals surface area contributed by atoms with Crippen LogP contribution in [0.5, 0.6) is 5.75 Å². The van der Waals surface area contributed by atoms with E-state index in [0.717, 1.165) is 23.4 Å². The maximum Gasteiger partial charge on any atom is 0.416 e. The maximum atomic E-state index is 12.9. The number of nitrogens with zero attached hydrogens (tertiary/aromatic N) is 2. The summed E-state index contributed by atoms with van der Waals surface area (Å²) in [6, 6.07) is 10.1. The molecule has 1 fully saturated rings. The van der Waals surface area contributed by atoms with Crippen LogP contribution in [0.4, 0.5) is 24.5 Å². The maximum absolute atomic E-state index is 12.9. The van der Waals surface area contributed by atoms with E-state index in [4.69, 9.17) is 4.74 Å². The van der Waals surface area contributed by atoms with Crippen molar-refractivity contribution < 1.29 is 27.6 Å².